The van der Waals surface area contributed by atoms with Gasteiger partial charge in [-0.2, -0.15) is 5.10 Å². The molecule has 1 saturated heterocycles. The van der Waals surface area contributed by atoms with Crippen molar-refractivity contribution in [3.63, 3.8) is 0 Å². The van der Waals surface area contributed by atoms with Gasteiger partial charge >= 0.3 is 0 Å². The highest BCUT2D eigenvalue weighted by atomic mass is 16.2. The summed E-state index contributed by atoms with van der Waals surface area (Å²) in [6.07, 6.45) is 9.46. The molecule has 2 rings (SSSR count). The molecule has 100 valence electrons. The van der Waals surface area contributed by atoms with E-state index >= 15 is 0 Å². The van der Waals surface area contributed by atoms with E-state index in [4.69, 9.17) is 0 Å². The first-order chi connectivity index (χ1) is 8.81. The van der Waals surface area contributed by atoms with Crippen LogP contribution >= 0.6 is 0 Å². The van der Waals surface area contributed by atoms with Gasteiger partial charge in [-0.15, -0.1) is 0 Å². The number of rotatable bonds is 5. The highest BCUT2D eigenvalue weighted by Crippen LogP contribution is 2.21. The van der Waals surface area contributed by atoms with Crippen LogP contribution in [-0.4, -0.2) is 38.7 Å². The molecule has 18 heavy (non-hydrogen) atoms. The molecule has 0 aromatic carbocycles. The van der Waals surface area contributed by atoms with E-state index in [-0.39, 0.29) is 0 Å². The standard InChI is InChI=1S/C13H22N4O/c1-2-3-4-7-13(18)16-8-5-6-12(9-16)17-11-14-10-15-17/h10-12H,2-9H2,1H3/t12-/m1/s1. The molecule has 0 radical (unpaired) electrons. The van der Waals surface area contributed by atoms with E-state index in [0.717, 1.165) is 45.2 Å². The van der Waals surface area contributed by atoms with Gasteiger partial charge < -0.3 is 4.90 Å². The molecule has 0 bridgehead atoms. The van der Waals surface area contributed by atoms with Crippen molar-refractivity contribution in [2.45, 2.75) is 51.5 Å². The Labute approximate surface area is 108 Å². The Morgan fingerprint density at radius 3 is 3.06 bits per heavy atom. The van der Waals surface area contributed by atoms with E-state index in [0.29, 0.717) is 18.4 Å². The summed E-state index contributed by atoms with van der Waals surface area (Å²) in [6.45, 7) is 3.84. The van der Waals surface area contributed by atoms with Crippen LogP contribution in [0.4, 0.5) is 0 Å². The Bertz CT molecular complexity index is 363. The maximum Gasteiger partial charge on any atom is 0.222 e. The summed E-state index contributed by atoms with van der Waals surface area (Å²) in [5.41, 5.74) is 0. The maximum atomic E-state index is 12.1. The molecule has 5 nitrogen and oxygen atoms in total. The van der Waals surface area contributed by atoms with Gasteiger partial charge in [-0.3, -0.25) is 4.79 Å². The topological polar surface area (TPSA) is 51.0 Å². The summed E-state index contributed by atoms with van der Waals surface area (Å²) in [5, 5.41) is 4.18. The first-order valence-corrected chi connectivity index (χ1v) is 6.93. The quantitative estimate of drug-likeness (QED) is 0.751. The van der Waals surface area contributed by atoms with Crippen LogP contribution in [0, 0.1) is 0 Å². The smallest absolute Gasteiger partial charge is 0.222 e. The number of aromatic nitrogens is 3. The Morgan fingerprint density at radius 1 is 1.44 bits per heavy atom. The number of carbonyl (C=O) groups is 1. The molecule has 0 spiro atoms. The summed E-state index contributed by atoms with van der Waals surface area (Å²) in [6, 6.07) is 0.302. The molecular formula is C13H22N4O. The highest BCUT2D eigenvalue weighted by Gasteiger charge is 2.24. The average Bonchev–Trinajstić information content (AvgIpc) is 2.93. The zero-order valence-corrected chi connectivity index (χ0v) is 11.1. The largest absolute Gasteiger partial charge is 0.341 e. The van der Waals surface area contributed by atoms with Crippen molar-refractivity contribution in [2.75, 3.05) is 13.1 Å². The van der Waals surface area contributed by atoms with Crippen molar-refractivity contribution in [1.29, 1.82) is 0 Å². The van der Waals surface area contributed by atoms with Gasteiger partial charge in [0.2, 0.25) is 5.91 Å². The van der Waals surface area contributed by atoms with Crippen molar-refractivity contribution in [3.05, 3.63) is 12.7 Å². The van der Waals surface area contributed by atoms with E-state index in [1.54, 1.807) is 12.7 Å². The summed E-state index contributed by atoms with van der Waals surface area (Å²) >= 11 is 0. The van der Waals surface area contributed by atoms with Crippen molar-refractivity contribution in [3.8, 4) is 0 Å². The van der Waals surface area contributed by atoms with Crippen molar-refractivity contribution < 1.29 is 4.79 Å². The second-order valence-corrected chi connectivity index (χ2v) is 4.97. The van der Waals surface area contributed by atoms with Gasteiger partial charge in [0, 0.05) is 19.5 Å². The zero-order chi connectivity index (χ0) is 12.8. The molecule has 0 aliphatic carbocycles. The molecule has 1 aliphatic heterocycles. The van der Waals surface area contributed by atoms with Gasteiger partial charge in [-0.1, -0.05) is 19.8 Å². The van der Waals surface area contributed by atoms with Gasteiger partial charge in [-0.25, -0.2) is 9.67 Å². The minimum Gasteiger partial charge on any atom is -0.341 e. The number of hydrogen-bond acceptors (Lipinski definition) is 3. The van der Waals surface area contributed by atoms with Crippen molar-refractivity contribution in [1.82, 2.24) is 19.7 Å². The lowest BCUT2D eigenvalue weighted by Gasteiger charge is -2.32. The zero-order valence-electron chi connectivity index (χ0n) is 11.1. The van der Waals surface area contributed by atoms with Crippen LogP contribution < -0.4 is 0 Å². The van der Waals surface area contributed by atoms with Crippen molar-refractivity contribution in [2.24, 2.45) is 0 Å². The minimum absolute atomic E-state index is 0.299. The number of carbonyl (C=O) groups excluding carboxylic acids is 1. The molecule has 1 fully saturated rings. The van der Waals surface area contributed by atoms with Gasteiger partial charge in [-0.05, 0) is 19.3 Å². The second-order valence-electron chi connectivity index (χ2n) is 4.97. The molecule has 1 amide bonds. The first-order valence-electron chi connectivity index (χ1n) is 6.93. The predicted molar refractivity (Wildman–Crippen MR) is 69.0 cm³/mol. The molecule has 2 heterocycles. The normalized spacial score (nSPS) is 20.1. The number of unbranched alkanes of at least 4 members (excludes halogenated alkanes) is 2. The van der Waals surface area contributed by atoms with E-state index in [2.05, 4.69) is 17.0 Å². The number of piperidine rings is 1. The Balaban J connectivity index is 1.84. The van der Waals surface area contributed by atoms with Crippen LogP contribution in [-0.2, 0) is 4.79 Å². The van der Waals surface area contributed by atoms with Gasteiger partial charge in [0.25, 0.3) is 0 Å². The fraction of sp³-hybridized carbons (Fsp3) is 0.769. The fourth-order valence-corrected chi connectivity index (χ4v) is 2.49. The molecule has 1 aliphatic rings. The number of likely N-dealkylation sites (tertiary alicyclic amines) is 1. The maximum absolute atomic E-state index is 12.1. The molecule has 5 heteroatoms. The Hall–Kier alpha value is -1.39. The lowest BCUT2D eigenvalue weighted by atomic mass is 10.0. The molecule has 0 N–H and O–H groups in total. The van der Waals surface area contributed by atoms with Gasteiger partial charge in [0.1, 0.15) is 12.7 Å². The number of amides is 1. The fourth-order valence-electron chi connectivity index (χ4n) is 2.49. The predicted octanol–water partition coefficient (Wildman–Crippen LogP) is 2.02. The lowest BCUT2D eigenvalue weighted by molar-refractivity contribution is -0.133. The van der Waals surface area contributed by atoms with E-state index in [9.17, 15) is 4.79 Å². The highest BCUT2D eigenvalue weighted by molar-refractivity contribution is 5.76. The van der Waals surface area contributed by atoms with Crippen molar-refractivity contribution >= 4 is 5.91 Å². The van der Waals surface area contributed by atoms with Crippen LogP contribution in [0.15, 0.2) is 12.7 Å². The Kier molecular flexibility index (Phi) is 4.73. The van der Waals surface area contributed by atoms with Gasteiger partial charge in [0.15, 0.2) is 0 Å². The molecule has 1 aromatic rings. The molecular weight excluding hydrogens is 228 g/mol. The third-order valence-electron chi connectivity index (χ3n) is 3.55. The van der Waals surface area contributed by atoms with E-state index in [1.165, 1.54) is 0 Å². The van der Waals surface area contributed by atoms with Gasteiger partial charge in [0.05, 0.1) is 6.04 Å². The van der Waals surface area contributed by atoms with Crippen LogP contribution in [0.25, 0.3) is 0 Å². The summed E-state index contributed by atoms with van der Waals surface area (Å²) in [5.74, 6) is 0.299. The number of hydrogen-bond donors (Lipinski definition) is 0. The van der Waals surface area contributed by atoms with Crippen LogP contribution in [0.2, 0.25) is 0 Å². The second kappa shape index (κ2) is 6.52. The van der Waals surface area contributed by atoms with Crippen LogP contribution in [0.5, 0.6) is 0 Å². The van der Waals surface area contributed by atoms with Crippen LogP contribution in [0.3, 0.4) is 0 Å². The van der Waals surface area contributed by atoms with Crippen LogP contribution in [0.1, 0.15) is 51.5 Å². The minimum atomic E-state index is 0.299. The molecule has 0 saturated carbocycles. The Morgan fingerprint density at radius 2 is 2.33 bits per heavy atom. The monoisotopic (exact) mass is 250 g/mol. The summed E-state index contributed by atoms with van der Waals surface area (Å²) < 4.78 is 1.88. The van der Waals surface area contributed by atoms with E-state index < -0.39 is 0 Å². The molecule has 1 aromatic heterocycles. The average molecular weight is 250 g/mol. The summed E-state index contributed by atoms with van der Waals surface area (Å²) in [7, 11) is 0. The summed E-state index contributed by atoms with van der Waals surface area (Å²) in [4.78, 5) is 18.0. The molecule has 1 atom stereocenters. The third kappa shape index (κ3) is 3.31. The lowest BCUT2D eigenvalue weighted by Crippen LogP contribution is -2.40. The number of nitrogens with zero attached hydrogens (tertiary/aromatic N) is 4. The van der Waals surface area contributed by atoms with E-state index in [1.807, 2.05) is 9.58 Å². The molecule has 0 unspecified atom stereocenters. The SMILES string of the molecule is CCCCCC(=O)N1CCC[C@@H](n2cncn2)C1. The first kappa shape index (κ1) is 13.1. The third-order valence-corrected chi connectivity index (χ3v) is 3.55.